The third kappa shape index (κ3) is 1.22. The minimum atomic E-state index is -0.443. The van der Waals surface area contributed by atoms with E-state index in [0.29, 0.717) is 11.5 Å². The van der Waals surface area contributed by atoms with Gasteiger partial charge in [-0.25, -0.2) is 9.37 Å². The van der Waals surface area contributed by atoms with Crippen LogP contribution in [0.15, 0.2) is 12.3 Å². The van der Waals surface area contributed by atoms with Gasteiger partial charge in [0.15, 0.2) is 5.82 Å². The van der Waals surface area contributed by atoms with Gasteiger partial charge in [-0.05, 0) is 0 Å². The fraction of sp³-hybridized carbons (Fsp3) is 0.250. The van der Waals surface area contributed by atoms with E-state index in [9.17, 15) is 9.18 Å². The second kappa shape index (κ2) is 2.69. The first kappa shape index (κ1) is 7.97. The van der Waals surface area contributed by atoms with Gasteiger partial charge in [-0.15, -0.1) is 0 Å². The summed E-state index contributed by atoms with van der Waals surface area (Å²) in [5.74, 6) is 0.00509. The molecule has 1 aromatic heterocycles. The van der Waals surface area contributed by atoms with Gasteiger partial charge in [-0.3, -0.25) is 4.79 Å². The van der Waals surface area contributed by atoms with Crippen LogP contribution in [0.25, 0.3) is 0 Å². The Balaban J connectivity index is 2.51. The van der Waals surface area contributed by atoms with Crippen LogP contribution in [0, 0.1) is 5.82 Å². The molecule has 0 unspecified atom stereocenters. The van der Waals surface area contributed by atoms with Gasteiger partial charge in [0.25, 0.3) is 0 Å². The SMILES string of the molecule is CN1C(=O)CNc2ncc(F)cc21. The Hall–Kier alpha value is -1.65. The maximum Gasteiger partial charge on any atom is 0.246 e. The predicted molar refractivity (Wildman–Crippen MR) is 46.1 cm³/mol. The van der Waals surface area contributed by atoms with Crippen molar-refractivity contribution < 1.29 is 9.18 Å². The number of carbonyl (C=O) groups is 1. The highest BCUT2D eigenvalue weighted by molar-refractivity contribution is 6.01. The highest BCUT2D eigenvalue weighted by Gasteiger charge is 2.21. The summed E-state index contributed by atoms with van der Waals surface area (Å²) in [5.41, 5.74) is 0.483. The topological polar surface area (TPSA) is 45.2 Å². The van der Waals surface area contributed by atoms with Gasteiger partial charge in [0, 0.05) is 13.1 Å². The van der Waals surface area contributed by atoms with Gasteiger partial charge >= 0.3 is 0 Å². The summed E-state index contributed by atoms with van der Waals surface area (Å²) in [4.78, 5) is 16.4. The summed E-state index contributed by atoms with van der Waals surface area (Å²) in [6, 6.07) is 1.28. The zero-order valence-corrected chi connectivity index (χ0v) is 7.04. The van der Waals surface area contributed by atoms with Gasteiger partial charge in [0.2, 0.25) is 5.91 Å². The largest absolute Gasteiger partial charge is 0.359 e. The molecule has 0 aromatic carbocycles. The quantitative estimate of drug-likeness (QED) is 0.637. The molecule has 13 heavy (non-hydrogen) atoms. The Morgan fingerprint density at radius 2 is 2.46 bits per heavy atom. The van der Waals surface area contributed by atoms with Crippen molar-refractivity contribution in [2.24, 2.45) is 0 Å². The molecular formula is C8H8FN3O. The molecule has 0 bridgehead atoms. The summed E-state index contributed by atoms with van der Waals surface area (Å²) in [5, 5.41) is 2.80. The number of nitrogens with zero attached hydrogens (tertiary/aromatic N) is 2. The van der Waals surface area contributed by atoms with Gasteiger partial charge in [0.05, 0.1) is 18.4 Å². The summed E-state index contributed by atoms with van der Waals surface area (Å²) in [7, 11) is 1.60. The predicted octanol–water partition coefficient (Wildman–Crippen LogP) is 0.609. The van der Waals surface area contributed by atoms with Gasteiger partial charge in [-0.1, -0.05) is 0 Å². The van der Waals surface area contributed by atoms with E-state index < -0.39 is 5.82 Å². The van der Waals surface area contributed by atoms with Crippen molar-refractivity contribution in [2.45, 2.75) is 0 Å². The van der Waals surface area contributed by atoms with Crippen LogP contribution in [0.2, 0.25) is 0 Å². The van der Waals surface area contributed by atoms with E-state index >= 15 is 0 Å². The second-order valence-corrected chi connectivity index (χ2v) is 2.83. The Kier molecular flexibility index (Phi) is 1.65. The maximum absolute atomic E-state index is 12.8. The second-order valence-electron chi connectivity index (χ2n) is 2.83. The molecule has 0 atom stereocenters. The number of rotatable bonds is 0. The van der Waals surface area contributed by atoms with Crippen molar-refractivity contribution in [3.05, 3.63) is 18.1 Å². The molecule has 4 nitrogen and oxygen atoms in total. The number of likely N-dealkylation sites (N-methyl/N-ethyl adjacent to an activating group) is 1. The van der Waals surface area contributed by atoms with Crippen LogP contribution in [-0.2, 0) is 4.79 Å². The molecular weight excluding hydrogens is 173 g/mol. The first-order chi connectivity index (χ1) is 6.18. The summed E-state index contributed by atoms with van der Waals surface area (Å²) in [6.07, 6.45) is 1.12. The molecule has 1 amide bonds. The summed E-state index contributed by atoms with van der Waals surface area (Å²) >= 11 is 0. The molecule has 0 aliphatic carbocycles. The normalized spacial score (nSPS) is 15.2. The molecule has 5 heteroatoms. The number of anilines is 2. The first-order valence-corrected chi connectivity index (χ1v) is 3.84. The zero-order chi connectivity index (χ0) is 9.42. The van der Waals surface area contributed by atoms with Crippen LogP contribution in [0.1, 0.15) is 0 Å². The van der Waals surface area contributed by atoms with Crippen molar-refractivity contribution in [3.63, 3.8) is 0 Å². The van der Waals surface area contributed by atoms with Gasteiger partial charge in [-0.2, -0.15) is 0 Å². The Morgan fingerprint density at radius 1 is 1.69 bits per heavy atom. The molecule has 0 saturated heterocycles. The molecule has 0 saturated carbocycles. The lowest BCUT2D eigenvalue weighted by atomic mass is 10.3. The molecule has 1 aliphatic rings. The van der Waals surface area contributed by atoms with E-state index in [1.54, 1.807) is 7.05 Å². The third-order valence-electron chi connectivity index (χ3n) is 1.98. The number of aromatic nitrogens is 1. The minimum Gasteiger partial charge on any atom is -0.359 e. The maximum atomic E-state index is 12.8. The average Bonchev–Trinajstić information content (AvgIpc) is 2.12. The molecule has 1 aliphatic heterocycles. The van der Waals surface area contributed by atoms with Crippen LogP contribution in [0.4, 0.5) is 15.9 Å². The number of amides is 1. The highest BCUT2D eigenvalue weighted by atomic mass is 19.1. The number of carbonyl (C=O) groups excluding carboxylic acids is 1. The number of pyridine rings is 1. The minimum absolute atomic E-state index is 0.0973. The van der Waals surface area contributed by atoms with Crippen LogP contribution in [0.3, 0.4) is 0 Å². The Morgan fingerprint density at radius 3 is 3.23 bits per heavy atom. The molecule has 68 valence electrons. The van der Waals surface area contributed by atoms with Crippen molar-refractivity contribution in [3.8, 4) is 0 Å². The fourth-order valence-electron chi connectivity index (χ4n) is 1.23. The number of halogens is 1. The number of fused-ring (bicyclic) bond motifs is 1. The molecule has 0 spiro atoms. The number of hydrogen-bond acceptors (Lipinski definition) is 3. The zero-order valence-electron chi connectivity index (χ0n) is 7.04. The number of hydrogen-bond donors (Lipinski definition) is 1. The standard InChI is InChI=1S/C8H8FN3O/c1-12-6-2-5(9)3-10-8(6)11-4-7(12)13/h2-3H,4H2,1H3,(H,10,11). The number of nitrogens with one attached hydrogen (secondary N) is 1. The lowest BCUT2D eigenvalue weighted by Gasteiger charge is -2.25. The van der Waals surface area contributed by atoms with Crippen molar-refractivity contribution in [1.82, 2.24) is 4.98 Å². The van der Waals surface area contributed by atoms with E-state index in [2.05, 4.69) is 10.3 Å². The molecule has 1 aromatic rings. The Labute approximate surface area is 74.4 Å². The average molecular weight is 181 g/mol. The lowest BCUT2D eigenvalue weighted by molar-refractivity contribution is -0.116. The smallest absolute Gasteiger partial charge is 0.246 e. The highest BCUT2D eigenvalue weighted by Crippen LogP contribution is 2.26. The van der Waals surface area contributed by atoms with Crippen molar-refractivity contribution in [1.29, 1.82) is 0 Å². The molecule has 0 fully saturated rings. The Bertz CT molecular complexity index is 366. The van der Waals surface area contributed by atoms with E-state index in [1.807, 2.05) is 0 Å². The van der Waals surface area contributed by atoms with Crippen LogP contribution in [0.5, 0.6) is 0 Å². The molecule has 2 heterocycles. The molecule has 2 rings (SSSR count). The van der Waals surface area contributed by atoms with Crippen LogP contribution in [-0.4, -0.2) is 24.5 Å². The monoisotopic (exact) mass is 181 g/mol. The van der Waals surface area contributed by atoms with Crippen molar-refractivity contribution in [2.75, 3.05) is 23.8 Å². The fourth-order valence-corrected chi connectivity index (χ4v) is 1.23. The van der Waals surface area contributed by atoms with E-state index in [4.69, 9.17) is 0 Å². The van der Waals surface area contributed by atoms with Gasteiger partial charge < -0.3 is 10.2 Å². The molecule has 1 N–H and O–H groups in total. The van der Waals surface area contributed by atoms with Crippen LogP contribution < -0.4 is 10.2 Å². The first-order valence-electron chi connectivity index (χ1n) is 3.84. The van der Waals surface area contributed by atoms with E-state index in [1.165, 1.54) is 11.0 Å². The van der Waals surface area contributed by atoms with Gasteiger partial charge in [0.1, 0.15) is 5.82 Å². The third-order valence-corrected chi connectivity index (χ3v) is 1.98. The van der Waals surface area contributed by atoms with Crippen molar-refractivity contribution >= 4 is 17.4 Å². The van der Waals surface area contributed by atoms with E-state index in [0.717, 1.165) is 6.20 Å². The summed E-state index contributed by atoms with van der Waals surface area (Å²) < 4.78 is 12.8. The van der Waals surface area contributed by atoms with Crippen LogP contribution >= 0.6 is 0 Å². The lowest BCUT2D eigenvalue weighted by Crippen LogP contribution is -2.37. The van der Waals surface area contributed by atoms with E-state index in [-0.39, 0.29) is 12.5 Å². The summed E-state index contributed by atoms with van der Waals surface area (Å²) in [6.45, 7) is 0.210. The molecule has 0 radical (unpaired) electrons.